The highest BCUT2D eigenvalue weighted by Crippen LogP contribution is 2.50. The van der Waals surface area contributed by atoms with Crippen LogP contribution in [-0.2, 0) is 0 Å². The minimum Gasteiger partial charge on any atom is -0.378 e. The zero-order chi connectivity index (χ0) is 20.5. The van der Waals surface area contributed by atoms with Crippen molar-refractivity contribution in [1.82, 2.24) is 0 Å². The molecule has 1 aliphatic heterocycles. The molecule has 3 aromatic carbocycles. The van der Waals surface area contributed by atoms with Crippen molar-refractivity contribution in [3.05, 3.63) is 118 Å². The molecule has 3 heteroatoms. The van der Waals surface area contributed by atoms with E-state index < -0.39 is 0 Å². The second-order valence-corrected chi connectivity index (χ2v) is 8.37. The molecule has 3 unspecified atom stereocenters. The quantitative estimate of drug-likeness (QED) is 0.283. The first kappa shape index (κ1) is 18.9. The van der Waals surface area contributed by atoms with Gasteiger partial charge in [-0.2, -0.15) is 0 Å². The van der Waals surface area contributed by atoms with Crippen molar-refractivity contribution in [2.75, 3.05) is 5.32 Å². The molecule has 3 aromatic rings. The number of hydrogen-bond acceptors (Lipinski definition) is 2. The van der Waals surface area contributed by atoms with Crippen molar-refractivity contribution in [3.63, 3.8) is 0 Å². The standard InChI is InChI=1S/C27H22ClNO/c28-21-13-10-19(11-14-21)27-23-8-4-7-22(23)24-17-20(12-15-25(24)29-27)26(30)16-9-18-5-2-1-3-6-18/h1-7,9-17,22-23,27,29H,8H2. The van der Waals surface area contributed by atoms with Gasteiger partial charge in [-0.05, 0) is 65.4 Å². The third-order valence-corrected chi connectivity index (χ3v) is 6.36. The lowest BCUT2D eigenvalue weighted by atomic mass is 9.76. The van der Waals surface area contributed by atoms with E-state index >= 15 is 0 Å². The first-order valence-corrected chi connectivity index (χ1v) is 10.7. The summed E-state index contributed by atoms with van der Waals surface area (Å²) in [5.74, 6) is 0.775. The predicted octanol–water partition coefficient (Wildman–Crippen LogP) is 7.06. The SMILES string of the molecule is O=C(C=Cc1ccccc1)c1ccc2c(c1)C1C=CCC1C(c1ccc(Cl)cc1)N2. The first-order valence-electron chi connectivity index (χ1n) is 10.3. The lowest BCUT2D eigenvalue weighted by molar-refractivity contribution is 0.104. The number of hydrogen-bond donors (Lipinski definition) is 1. The first-order chi connectivity index (χ1) is 14.7. The average Bonchev–Trinajstić information content (AvgIpc) is 3.28. The Labute approximate surface area is 181 Å². The van der Waals surface area contributed by atoms with Crippen LogP contribution in [0.15, 0.2) is 91.0 Å². The van der Waals surface area contributed by atoms with Gasteiger partial charge in [0, 0.05) is 22.2 Å². The normalized spacial score (nSPS) is 21.8. The highest BCUT2D eigenvalue weighted by molar-refractivity contribution is 6.30. The molecule has 0 spiro atoms. The number of carbonyl (C=O) groups excluding carboxylic acids is 1. The molecule has 2 nitrogen and oxygen atoms in total. The van der Waals surface area contributed by atoms with Crippen LogP contribution in [0.3, 0.4) is 0 Å². The second-order valence-electron chi connectivity index (χ2n) is 7.94. The van der Waals surface area contributed by atoms with Crippen molar-refractivity contribution >= 4 is 29.1 Å². The van der Waals surface area contributed by atoms with E-state index in [0.29, 0.717) is 11.8 Å². The zero-order valence-electron chi connectivity index (χ0n) is 16.5. The third kappa shape index (κ3) is 3.59. The lowest BCUT2D eigenvalue weighted by Gasteiger charge is -2.37. The highest BCUT2D eigenvalue weighted by atomic mass is 35.5. The van der Waals surface area contributed by atoms with Gasteiger partial charge in [-0.3, -0.25) is 4.79 Å². The minimum absolute atomic E-state index is 0.0278. The van der Waals surface area contributed by atoms with Gasteiger partial charge < -0.3 is 5.32 Å². The van der Waals surface area contributed by atoms with Gasteiger partial charge in [-0.1, -0.05) is 72.3 Å². The van der Waals surface area contributed by atoms with E-state index in [4.69, 9.17) is 11.6 Å². The Morgan fingerprint density at radius 2 is 1.80 bits per heavy atom. The van der Waals surface area contributed by atoms with Crippen LogP contribution in [0.25, 0.3) is 6.08 Å². The lowest BCUT2D eigenvalue weighted by Crippen LogP contribution is -2.29. The molecule has 1 heterocycles. The molecule has 1 N–H and O–H groups in total. The monoisotopic (exact) mass is 411 g/mol. The van der Waals surface area contributed by atoms with Crippen LogP contribution in [-0.4, -0.2) is 5.78 Å². The summed E-state index contributed by atoms with van der Waals surface area (Å²) in [6.45, 7) is 0. The Balaban J connectivity index is 1.44. The highest BCUT2D eigenvalue weighted by Gasteiger charge is 2.38. The van der Waals surface area contributed by atoms with E-state index in [1.807, 2.05) is 60.7 Å². The van der Waals surface area contributed by atoms with E-state index in [2.05, 4.69) is 35.7 Å². The number of allylic oxidation sites excluding steroid dienone is 3. The fourth-order valence-electron chi connectivity index (χ4n) is 4.58. The van der Waals surface area contributed by atoms with Crippen LogP contribution in [0.4, 0.5) is 5.69 Å². The van der Waals surface area contributed by atoms with Gasteiger partial charge in [0.1, 0.15) is 0 Å². The van der Waals surface area contributed by atoms with Crippen LogP contribution < -0.4 is 5.32 Å². The molecule has 0 fully saturated rings. The van der Waals surface area contributed by atoms with Crippen LogP contribution >= 0.6 is 11.6 Å². The third-order valence-electron chi connectivity index (χ3n) is 6.10. The Hall–Kier alpha value is -3.10. The number of fused-ring (bicyclic) bond motifs is 3. The van der Waals surface area contributed by atoms with Crippen LogP contribution in [0.5, 0.6) is 0 Å². The van der Waals surface area contributed by atoms with Crippen molar-refractivity contribution < 1.29 is 4.79 Å². The van der Waals surface area contributed by atoms with Gasteiger partial charge in [0.05, 0.1) is 6.04 Å². The Morgan fingerprint density at radius 1 is 1.00 bits per heavy atom. The van der Waals surface area contributed by atoms with E-state index in [0.717, 1.165) is 28.3 Å². The summed E-state index contributed by atoms with van der Waals surface area (Å²) in [4.78, 5) is 12.8. The predicted molar refractivity (Wildman–Crippen MR) is 124 cm³/mol. The van der Waals surface area contributed by atoms with E-state index in [1.54, 1.807) is 6.08 Å². The molecule has 0 saturated heterocycles. The van der Waals surface area contributed by atoms with Gasteiger partial charge in [0.15, 0.2) is 5.78 Å². The van der Waals surface area contributed by atoms with Gasteiger partial charge in [0.2, 0.25) is 0 Å². The Bertz CT molecular complexity index is 1130. The fraction of sp³-hybridized carbons (Fsp3) is 0.148. The topological polar surface area (TPSA) is 29.1 Å². The van der Waals surface area contributed by atoms with Crippen LogP contribution in [0, 0.1) is 5.92 Å². The zero-order valence-corrected chi connectivity index (χ0v) is 17.2. The number of ketones is 1. The van der Waals surface area contributed by atoms with Gasteiger partial charge in [-0.25, -0.2) is 0 Å². The molecular formula is C27H22ClNO. The fourth-order valence-corrected chi connectivity index (χ4v) is 4.71. The second kappa shape index (κ2) is 7.97. The number of nitrogens with one attached hydrogen (secondary N) is 1. The molecule has 5 rings (SSSR count). The van der Waals surface area contributed by atoms with Gasteiger partial charge in [-0.15, -0.1) is 0 Å². The van der Waals surface area contributed by atoms with Crippen LogP contribution in [0.2, 0.25) is 5.02 Å². The van der Waals surface area contributed by atoms with E-state index in [1.165, 1.54) is 11.1 Å². The molecule has 0 radical (unpaired) electrons. The van der Waals surface area contributed by atoms with E-state index in [9.17, 15) is 4.79 Å². The molecule has 30 heavy (non-hydrogen) atoms. The number of carbonyl (C=O) groups is 1. The Morgan fingerprint density at radius 3 is 2.60 bits per heavy atom. The number of anilines is 1. The molecular weight excluding hydrogens is 390 g/mol. The number of rotatable bonds is 4. The average molecular weight is 412 g/mol. The molecule has 0 aromatic heterocycles. The Kier molecular flexibility index (Phi) is 5.02. The maximum atomic E-state index is 12.8. The van der Waals surface area contributed by atoms with E-state index in [-0.39, 0.29) is 11.8 Å². The minimum atomic E-state index is 0.0278. The molecule has 0 amide bonds. The largest absolute Gasteiger partial charge is 0.378 e. The maximum absolute atomic E-state index is 12.8. The summed E-state index contributed by atoms with van der Waals surface area (Å²) in [5.41, 5.74) is 5.31. The van der Waals surface area contributed by atoms with Crippen molar-refractivity contribution in [2.24, 2.45) is 5.92 Å². The van der Waals surface area contributed by atoms with Gasteiger partial charge in [0.25, 0.3) is 0 Å². The maximum Gasteiger partial charge on any atom is 0.185 e. The summed E-state index contributed by atoms with van der Waals surface area (Å²) in [6.07, 6.45) is 9.11. The van der Waals surface area contributed by atoms with Crippen molar-refractivity contribution in [2.45, 2.75) is 18.4 Å². The van der Waals surface area contributed by atoms with Gasteiger partial charge >= 0.3 is 0 Å². The molecule has 1 aliphatic carbocycles. The number of halogens is 1. The summed E-state index contributed by atoms with van der Waals surface area (Å²) >= 11 is 6.08. The molecule has 0 bridgehead atoms. The molecule has 148 valence electrons. The number of benzene rings is 3. The summed E-state index contributed by atoms with van der Waals surface area (Å²) < 4.78 is 0. The smallest absolute Gasteiger partial charge is 0.185 e. The summed E-state index contributed by atoms with van der Waals surface area (Å²) in [5, 5.41) is 4.47. The van der Waals surface area contributed by atoms with Crippen molar-refractivity contribution in [1.29, 1.82) is 0 Å². The van der Waals surface area contributed by atoms with Crippen LogP contribution in [0.1, 0.15) is 45.4 Å². The molecule has 0 saturated carbocycles. The summed E-state index contributed by atoms with van der Waals surface area (Å²) in [7, 11) is 0. The summed E-state index contributed by atoms with van der Waals surface area (Å²) in [6, 6.07) is 24.3. The molecule has 3 atom stereocenters. The molecule has 2 aliphatic rings. The van der Waals surface area contributed by atoms with Crippen molar-refractivity contribution in [3.8, 4) is 0 Å².